The molecule has 134 valence electrons. The van der Waals surface area contributed by atoms with Crippen molar-refractivity contribution in [3.05, 3.63) is 41.4 Å². The van der Waals surface area contributed by atoms with Gasteiger partial charge in [-0.3, -0.25) is 10.2 Å². The Kier molecular flexibility index (Phi) is 6.25. The number of amides is 2. The van der Waals surface area contributed by atoms with E-state index in [-0.39, 0.29) is 12.1 Å². The van der Waals surface area contributed by atoms with Crippen LogP contribution in [0.5, 0.6) is 5.75 Å². The first-order chi connectivity index (χ1) is 12.3. The van der Waals surface area contributed by atoms with Crippen LogP contribution >= 0.6 is 11.3 Å². The second-order valence-electron chi connectivity index (χ2n) is 6.06. The van der Waals surface area contributed by atoms with Crippen LogP contribution in [0.15, 0.2) is 35.8 Å². The van der Waals surface area contributed by atoms with Crippen molar-refractivity contribution >= 4 is 22.5 Å². The molecule has 1 fully saturated rings. The molecule has 6 nitrogen and oxygen atoms in total. The highest BCUT2D eigenvalue weighted by Gasteiger charge is 2.23. The van der Waals surface area contributed by atoms with Crippen molar-refractivity contribution in [1.29, 1.82) is 0 Å². The quantitative estimate of drug-likeness (QED) is 0.827. The Morgan fingerprint density at radius 2 is 2.04 bits per heavy atom. The summed E-state index contributed by atoms with van der Waals surface area (Å²) >= 11 is 1.41. The highest BCUT2D eigenvalue weighted by atomic mass is 32.1. The molecule has 1 aromatic carbocycles. The number of carbonyl (C=O) groups excluding carboxylic acids is 1. The SMILES string of the molecule is COc1ccc(C(CNC(=O)Nc2nccs2)N2CCCCC2)cc1. The van der Waals surface area contributed by atoms with Crippen molar-refractivity contribution in [2.45, 2.75) is 25.3 Å². The molecule has 1 saturated heterocycles. The van der Waals surface area contributed by atoms with Crippen LogP contribution in [0.2, 0.25) is 0 Å². The number of hydrogen-bond acceptors (Lipinski definition) is 5. The van der Waals surface area contributed by atoms with Crippen LogP contribution in [0, 0.1) is 0 Å². The second kappa shape index (κ2) is 8.82. The average molecular weight is 360 g/mol. The van der Waals surface area contributed by atoms with Crippen molar-refractivity contribution in [2.75, 3.05) is 32.1 Å². The number of aromatic nitrogens is 1. The highest BCUT2D eigenvalue weighted by Crippen LogP contribution is 2.26. The van der Waals surface area contributed by atoms with Crippen LogP contribution in [0.3, 0.4) is 0 Å². The van der Waals surface area contributed by atoms with E-state index < -0.39 is 0 Å². The van der Waals surface area contributed by atoms with Gasteiger partial charge in [-0.25, -0.2) is 9.78 Å². The lowest BCUT2D eigenvalue weighted by molar-refractivity contribution is 0.161. The van der Waals surface area contributed by atoms with Crippen molar-refractivity contribution < 1.29 is 9.53 Å². The third-order valence-electron chi connectivity index (χ3n) is 4.44. The van der Waals surface area contributed by atoms with Gasteiger partial charge in [-0.05, 0) is 43.6 Å². The van der Waals surface area contributed by atoms with Gasteiger partial charge in [0, 0.05) is 18.1 Å². The summed E-state index contributed by atoms with van der Waals surface area (Å²) in [6.45, 7) is 2.68. The second-order valence-corrected chi connectivity index (χ2v) is 6.95. The number of thiazole rings is 1. The largest absolute Gasteiger partial charge is 0.497 e. The number of rotatable bonds is 6. The fourth-order valence-corrected chi connectivity index (χ4v) is 3.65. The van der Waals surface area contributed by atoms with E-state index in [4.69, 9.17) is 4.74 Å². The Bertz CT molecular complexity index is 654. The van der Waals surface area contributed by atoms with E-state index in [1.165, 1.54) is 36.2 Å². The van der Waals surface area contributed by atoms with E-state index in [0.717, 1.165) is 18.8 Å². The molecular formula is C18H24N4O2S. The van der Waals surface area contributed by atoms with Gasteiger partial charge in [0.2, 0.25) is 0 Å². The molecule has 1 aromatic heterocycles. The monoisotopic (exact) mass is 360 g/mol. The van der Waals surface area contributed by atoms with E-state index >= 15 is 0 Å². The molecule has 0 aliphatic carbocycles. The van der Waals surface area contributed by atoms with E-state index in [9.17, 15) is 4.79 Å². The Morgan fingerprint density at radius 3 is 2.68 bits per heavy atom. The molecule has 0 radical (unpaired) electrons. The minimum Gasteiger partial charge on any atom is -0.497 e. The molecule has 2 aromatic rings. The number of likely N-dealkylation sites (tertiary alicyclic amines) is 1. The van der Waals surface area contributed by atoms with Crippen LogP contribution in [-0.4, -0.2) is 42.7 Å². The molecule has 0 bridgehead atoms. The molecular weight excluding hydrogens is 336 g/mol. The third kappa shape index (κ3) is 4.93. The van der Waals surface area contributed by atoms with E-state index in [0.29, 0.717) is 11.7 Å². The lowest BCUT2D eigenvalue weighted by atomic mass is 10.0. The molecule has 1 unspecified atom stereocenters. The fourth-order valence-electron chi connectivity index (χ4n) is 3.13. The molecule has 0 spiro atoms. The maximum atomic E-state index is 12.1. The number of ether oxygens (including phenoxy) is 1. The number of nitrogens with one attached hydrogen (secondary N) is 2. The number of methoxy groups -OCH3 is 1. The maximum absolute atomic E-state index is 12.1. The zero-order valence-electron chi connectivity index (χ0n) is 14.4. The van der Waals surface area contributed by atoms with Crippen molar-refractivity contribution in [1.82, 2.24) is 15.2 Å². The molecule has 25 heavy (non-hydrogen) atoms. The zero-order chi connectivity index (χ0) is 17.5. The average Bonchev–Trinajstić information content (AvgIpc) is 3.16. The van der Waals surface area contributed by atoms with Crippen molar-refractivity contribution in [2.24, 2.45) is 0 Å². The van der Waals surface area contributed by atoms with Gasteiger partial charge in [-0.2, -0.15) is 0 Å². The Balaban J connectivity index is 1.65. The summed E-state index contributed by atoms with van der Waals surface area (Å²) in [5.41, 5.74) is 1.19. The van der Waals surface area contributed by atoms with Crippen molar-refractivity contribution in [3.8, 4) is 5.75 Å². The number of nitrogens with zero attached hydrogens (tertiary/aromatic N) is 2. The van der Waals surface area contributed by atoms with Crippen LogP contribution in [0.1, 0.15) is 30.9 Å². The van der Waals surface area contributed by atoms with E-state index in [2.05, 4.69) is 32.7 Å². The molecule has 1 aliphatic heterocycles. The van der Waals surface area contributed by atoms with Crippen LogP contribution in [-0.2, 0) is 0 Å². The smallest absolute Gasteiger partial charge is 0.321 e. The first kappa shape index (κ1) is 17.7. The van der Waals surface area contributed by atoms with Gasteiger partial charge in [0.15, 0.2) is 5.13 Å². The topological polar surface area (TPSA) is 66.5 Å². The van der Waals surface area contributed by atoms with Gasteiger partial charge in [-0.15, -0.1) is 11.3 Å². The number of piperidine rings is 1. The lowest BCUT2D eigenvalue weighted by Gasteiger charge is -2.35. The van der Waals surface area contributed by atoms with Gasteiger partial charge in [0.25, 0.3) is 0 Å². The van der Waals surface area contributed by atoms with Crippen molar-refractivity contribution in [3.63, 3.8) is 0 Å². The molecule has 3 rings (SSSR count). The van der Waals surface area contributed by atoms with Gasteiger partial charge in [-0.1, -0.05) is 18.6 Å². The number of anilines is 1. The Morgan fingerprint density at radius 1 is 1.28 bits per heavy atom. The molecule has 1 atom stereocenters. The number of urea groups is 1. The first-order valence-corrected chi connectivity index (χ1v) is 9.46. The lowest BCUT2D eigenvalue weighted by Crippen LogP contribution is -2.41. The van der Waals surface area contributed by atoms with Crippen LogP contribution < -0.4 is 15.4 Å². The molecule has 2 amide bonds. The van der Waals surface area contributed by atoms with Gasteiger partial charge < -0.3 is 10.1 Å². The van der Waals surface area contributed by atoms with Crippen LogP contribution in [0.4, 0.5) is 9.93 Å². The van der Waals surface area contributed by atoms with Gasteiger partial charge in [0.1, 0.15) is 5.75 Å². The minimum absolute atomic E-state index is 0.160. The number of carbonyl (C=O) groups is 1. The summed E-state index contributed by atoms with van der Waals surface area (Å²) < 4.78 is 5.25. The molecule has 1 aliphatic rings. The first-order valence-electron chi connectivity index (χ1n) is 8.58. The molecule has 2 heterocycles. The minimum atomic E-state index is -0.217. The summed E-state index contributed by atoms with van der Waals surface area (Å²) in [6.07, 6.45) is 5.37. The van der Waals surface area contributed by atoms with E-state index in [1.807, 2.05) is 17.5 Å². The molecule has 2 N–H and O–H groups in total. The summed E-state index contributed by atoms with van der Waals surface area (Å²) in [5, 5.41) is 8.20. The fraction of sp³-hybridized carbons (Fsp3) is 0.444. The summed E-state index contributed by atoms with van der Waals surface area (Å²) in [5.74, 6) is 0.843. The van der Waals surface area contributed by atoms with E-state index in [1.54, 1.807) is 13.3 Å². The summed E-state index contributed by atoms with van der Waals surface area (Å²) in [6, 6.07) is 8.06. The molecule has 7 heteroatoms. The predicted octanol–water partition coefficient (Wildman–Crippen LogP) is 3.50. The van der Waals surface area contributed by atoms with Crippen LogP contribution in [0.25, 0.3) is 0 Å². The third-order valence-corrected chi connectivity index (χ3v) is 5.13. The van der Waals surface area contributed by atoms with Gasteiger partial charge in [0.05, 0.1) is 13.2 Å². The maximum Gasteiger partial charge on any atom is 0.321 e. The summed E-state index contributed by atoms with van der Waals surface area (Å²) in [7, 11) is 1.67. The summed E-state index contributed by atoms with van der Waals surface area (Å²) in [4.78, 5) is 18.7. The predicted molar refractivity (Wildman–Crippen MR) is 100 cm³/mol. The molecule has 0 saturated carbocycles. The highest BCUT2D eigenvalue weighted by molar-refractivity contribution is 7.13. The number of hydrogen-bond donors (Lipinski definition) is 2. The number of benzene rings is 1. The zero-order valence-corrected chi connectivity index (χ0v) is 15.2. The standard InChI is InChI=1S/C18H24N4O2S/c1-24-15-7-5-14(6-8-15)16(22-10-3-2-4-11-22)13-20-17(23)21-18-19-9-12-25-18/h5-9,12,16H,2-4,10-11,13H2,1H3,(H2,19,20,21,23). The Hall–Kier alpha value is -2.12. The van der Waals surface area contributed by atoms with Gasteiger partial charge >= 0.3 is 6.03 Å². The normalized spacial score (nSPS) is 16.2. The Labute approximate surface area is 152 Å².